The van der Waals surface area contributed by atoms with Crippen molar-refractivity contribution in [3.8, 4) is 0 Å². The van der Waals surface area contributed by atoms with Crippen molar-refractivity contribution < 1.29 is 32.3 Å². The van der Waals surface area contributed by atoms with E-state index in [1.54, 1.807) is 0 Å². The number of nitrogens with zero attached hydrogens (tertiary/aromatic N) is 1. The molecule has 1 saturated heterocycles. The second-order valence-corrected chi connectivity index (χ2v) is 9.63. The van der Waals surface area contributed by atoms with Gasteiger partial charge in [-0.15, -0.1) is 11.8 Å². The maximum atomic E-state index is 12.9. The lowest BCUT2D eigenvalue weighted by atomic mass is 9.98. The summed E-state index contributed by atoms with van der Waals surface area (Å²) in [4.78, 5) is 50.9. The molecule has 4 rings (SSSR count). The van der Waals surface area contributed by atoms with Crippen molar-refractivity contribution in [2.24, 2.45) is 0 Å². The van der Waals surface area contributed by atoms with Gasteiger partial charge in [0.2, 0.25) is 11.8 Å². The van der Waals surface area contributed by atoms with Crippen molar-refractivity contribution in [2.45, 2.75) is 60.4 Å². The first-order valence-electron chi connectivity index (χ1n) is 10.7. The number of anilines is 1. The Balaban J connectivity index is 1.24. The average Bonchev–Trinajstić information content (AvgIpc) is 3.30. The van der Waals surface area contributed by atoms with E-state index in [4.69, 9.17) is 0 Å². The molecular weight excluding hydrogens is 461 g/mol. The number of nitrogens with one attached hydrogen (secondary N) is 3. The maximum absolute atomic E-state index is 12.9. The molecule has 1 saturated carbocycles. The molecule has 0 aromatic heterocycles. The van der Waals surface area contributed by atoms with E-state index in [9.17, 15) is 32.3 Å². The SMILES string of the molecule is O=C(C[C@@H]1Sc2ccc(C(F)(F)F)cc2NC1=O)NCCCN1C(=O)NC2(CCCC2)C1=O. The number of benzene rings is 1. The van der Waals surface area contributed by atoms with Gasteiger partial charge >= 0.3 is 12.2 Å². The number of alkyl halides is 3. The minimum Gasteiger partial charge on any atom is -0.356 e. The van der Waals surface area contributed by atoms with E-state index in [-0.39, 0.29) is 31.1 Å². The van der Waals surface area contributed by atoms with Gasteiger partial charge in [0, 0.05) is 24.4 Å². The highest BCUT2D eigenvalue weighted by Gasteiger charge is 2.52. The van der Waals surface area contributed by atoms with E-state index in [1.807, 2.05) is 0 Å². The molecule has 0 bridgehead atoms. The average molecular weight is 485 g/mol. The van der Waals surface area contributed by atoms with E-state index in [1.165, 1.54) is 11.0 Å². The van der Waals surface area contributed by atoms with Crippen LogP contribution in [0.5, 0.6) is 0 Å². The lowest BCUT2D eigenvalue weighted by Gasteiger charge is -2.24. The normalized spacial score (nSPS) is 21.7. The number of rotatable bonds is 6. The summed E-state index contributed by atoms with van der Waals surface area (Å²) in [5, 5.41) is 7.13. The van der Waals surface area contributed by atoms with Crippen LogP contribution >= 0.6 is 11.8 Å². The van der Waals surface area contributed by atoms with Crippen LogP contribution < -0.4 is 16.0 Å². The standard InChI is InChI=1S/C21H23F3N4O4S/c22-21(23,24)12-4-5-14-13(10-12)26-17(30)15(33-14)11-16(29)25-8-3-9-28-18(31)20(27-19(28)32)6-1-2-7-20/h4-5,10,15H,1-3,6-9,11H2,(H,25,29)(H,26,30)(H,27,32)/t15-/m0/s1. The third-order valence-corrected chi connectivity index (χ3v) is 7.36. The summed E-state index contributed by atoms with van der Waals surface area (Å²) >= 11 is 1.04. The molecule has 1 spiro atoms. The molecular formula is C21H23F3N4O4S. The summed E-state index contributed by atoms with van der Waals surface area (Å²) in [6, 6.07) is 2.69. The highest BCUT2D eigenvalue weighted by Crippen LogP contribution is 2.40. The van der Waals surface area contributed by atoms with Gasteiger partial charge < -0.3 is 16.0 Å². The first kappa shape index (κ1) is 23.4. The molecule has 33 heavy (non-hydrogen) atoms. The first-order valence-corrected chi connectivity index (χ1v) is 11.6. The summed E-state index contributed by atoms with van der Waals surface area (Å²) in [6.45, 7) is 0.397. The number of thioether (sulfide) groups is 1. The molecule has 5 amide bonds. The number of fused-ring (bicyclic) bond motifs is 1. The zero-order valence-corrected chi connectivity index (χ0v) is 18.4. The number of carbonyl (C=O) groups is 4. The zero-order valence-electron chi connectivity index (χ0n) is 17.6. The van der Waals surface area contributed by atoms with Gasteiger partial charge in [-0.25, -0.2) is 4.79 Å². The van der Waals surface area contributed by atoms with Crippen molar-refractivity contribution in [3.05, 3.63) is 23.8 Å². The fraction of sp³-hybridized carbons (Fsp3) is 0.524. The quantitative estimate of drug-likeness (QED) is 0.425. The number of amides is 5. The molecule has 0 radical (unpaired) electrons. The molecule has 2 aliphatic heterocycles. The smallest absolute Gasteiger partial charge is 0.356 e. The second-order valence-electron chi connectivity index (χ2n) is 8.39. The van der Waals surface area contributed by atoms with Crippen molar-refractivity contribution in [1.82, 2.24) is 15.5 Å². The highest BCUT2D eigenvalue weighted by atomic mass is 32.2. The summed E-state index contributed by atoms with van der Waals surface area (Å²) in [7, 11) is 0. The van der Waals surface area contributed by atoms with Gasteiger partial charge in [0.05, 0.1) is 16.5 Å². The highest BCUT2D eigenvalue weighted by molar-refractivity contribution is 8.01. The van der Waals surface area contributed by atoms with Crippen LogP contribution in [0.25, 0.3) is 0 Å². The van der Waals surface area contributed by atoms with Crippen LogP contribution in [0.1, 0.15) is 44.1 Å². The fourth-order valence-corrected chi connectivity index (χ4v) is 5.45. The van der Waals surface area contributed by atoms with Gasteiger partial charge in [-0.3, -0.25) is 19.3 Å². The Morgan fingerprint density at radius 2 is 1.94 bits per heavy atom. The Kier molecular flexibility index (Phi) is 6.30. The predicted octanol–water partition coefficient (Wildman–Crippen LogP) is 2.88. The van der Waals surface area contributed by atoms with Gasteiger partial charge in [0.25, 0.3) is 5.91 Å². The monoisotopic (exact) mass is 484 g/mol. The lowest BCUT2D eigenvalue weighted by molar-refractivity contribution is -0.137. The summed E-state index contributed by atoms with van der Waals surface area (Å²) < 4.78 is 38.6. The van der Waals surface area contributed by atoms with E-state index < -0.39 is 40.4 Å². The van der Waals surface area contributed by atoms with Crippen LogP contribution in [0, 0.1) is 0 Å². The number of urea groups is 1. The molecule has 1 atom stereocenters. The molecule has 12 heteroatoms. The summed E-state index contributed by atoms with van der Waals surface area (Å²) in [5.74, 6) is -1.15. The zero-order chi connectivity index (χ0) is 23.8. The molecule has 1 aromatic rings. The van der Waals surface area contributed by atoms with Gasteiger partial charge in [-0.2, -0.15) is 13.2 Å². The molecule has 1 aliphatic carbocycles. The number of carbonyl (C=O) groups excluding carboxylic acids is 4. The minimum absolute atomic E-state index is 0.0741. The van der Waals surface area contributed by atoms with Crippen LogP contribution in [0.15, 0.2) is 23.1 Å². The predicted molar refractivity (Wildman–Crippen MR) is 113 cm³/mol. The number of imide groups is 1. The Labute approximate surface area is 192 Å². The Hall–Kier alpha value is -2.76. The number of halogens is 3. The Morgan fingerprint density at radius 3 is 2.64 bits per heavy atom. The van der Waals surface area contributed by atoms with E-state index in [0.29, 0.717) is 24.2 Å². The maximum Gasteiger partial charge on any atom is 0.416 e. The van der Waals surface area contributed by atoms with E-state index >= 15 is 0 Å². The topological polar surface area (TPSA) is 108 Å². The molecule has 3 N–H and O–H groups in total. The van der Waals surface area contributed by atoms with Gasteiger partial charge in [0.15, 0.2) is 0 Å². The van der Waals surface area contributed by atoms with E-state index in [2.05, 4.69) is 16.0 Å². The van der Waals surface area contributed by atoms with Crippen molar-refractivity contribution in [2.75, 3.05) is 18.4 Å². The largest absolute Gasteiger partial charge is 0.416 e. The Morgan fingerprint density at radius 1 is 1.21 bits per heavy atom. The van der Waals surface area contributed by atoms with Crippen molar-refractivity contribution in [3.63, 3.8) is 0 Å². The third-order valence-electron chi connectivity index (χ3n) is 6.08. The summed E-state index contributed by atoms with van der Waals surface area (Å²) in [6.07, 6.45) is -1.21. The van der Waals surface area contributed by atoms with Crippen LogP contribution in [0.4, 0.5) is 23.7 Å². The fourth-order valence-electron chi connectivity index (χ4n) is 4.36. The number of hydrogen-bond acceptors (Lipinski definition) is 5. The van der Waals surface area contributed by atoms with Crippen molar-refractivity contribution in [1.29, 1.82) is 0 Å². The van der Waals surface area contributed by atoms with Crippen LogP contribution in [-0.2, 0) is 20.6 Å². The molecule has 2 fully saturated rings. The van der Waals surface area contributed by atoms with Crippen LogP contribution in [0.3, 0.4) is 0 Å². The molecule has 2 heterocycles. The number of hydrogen-bond donors (Lipinski definition) is 3. The first-order chi connectivity index (χ1) is 15.6. The van der Waals surface area contributed by atoms with Crippen molar-refractivity contribution >= 4 is 41.2 Å². The van der Waals surface area contributed by atoms with Gasteiger partial charge in [-0.05, 0) is 37.5 Å². The third kappa shape index (κ3) is 4.80. The van der Waals surface area contributed by atoms with E-state index in [0.717, 1.165) is 36.7 Å². The Bertz CT molecular complexity index is 994. The second kappa shape index (κ2) is 8.88. The van der Waals surface area contributed by atoms with Gasteiger partial charge in [0.1, 0.15) is 5.54 Å². The van der Waals surface area contributed by atoms with Crippen LogP contribution in [-0.4, -0.2) is 52.5 Å². The van der Waals surface area contributed by atoms with Crippen LogP contribution in [0.2, 0.25) is 0 Å². The summed E-state index contributed by atoms with van der Waals surface area (Å²) in [5.41, 5.74) is -1.55. The molecule has 8 nitrogen and oxygen atoms in total. The molecule has 178 valence electrons. The molecule has 1 aromatic carbocycles. The molecule has 3 aliphatic rings. The van der Waals surface area contributed by atoms with Gasteiger partial charge in [-0.1, -0.05) is 12.8 Å². The minimum atomic E-state index is -4.51. The molecule has 0 unspecified atom stereocenters. The lowest BCUT2D eigenvalue weighted by Crippen LogP contribution is -2.44.